The number of anilines is 1. The van der Waals surface area contributed by atoms with E-state index in [-0.39, 0.29) is 5.56 Å². The molecule has 1 N–H and O–H groups in total. The molecule has 0 unspecified atom stereocenters. The average molecular weight is 374 g/mol. The third-order valence-corrected chi connectivity index (χ3v) is 5.04. The van der Waals surface area contributed by atoms with Gasteiger partial charge in [0.05, 0.1) is 56.0 Å². The van der Waals surface area contributed by atoms with E-state index < -0.39 is 0 Å². The minimum absolute atomic E-state index is 0.125. The largest absolute Gasteiger partial charge is 0.493 e. The number of fused-ring (bicyclic) bond motifs is 1. The number of nitrogens with zero attached hydrogens (tertiary/aromatic N) is 3. The van der Waals surface area contributed by atoms with Crippen LogP contribution in [0.1, 0.15) is 6.42 Å². The van der Waals surface area contributed by atoms with E-state index in [1.54, 1.807) is 0 Å². The minimum Gasteiger partial charge on any atom is -0.493 e. The molecule has 0 spiro atoms. The molecule has 2 aliphatic heterocycles. The van der Waals surface area contributed by atoms with Crippen LogP contribution in [0.4, 0.5) is 5.69 Å². The Kier molecular flexibility index (Phi) is 5.86. The van der Waals surface area contributed by atoms with Crippen LogP contribution in [0.5, 0.6) is 5.75 Å². The van der Waals surface area contributed by atoms with Gasteiger partial charge in [0.2, 0.25) is 0 Å². The van der Waals surface area contributed by atoms with Gasteiger partial charge in [-0.05, 0) is 6.42 Å². The monoisotopic (exact) mass is 374 g/mol. The molecule has 2 saturated heterocycles. The van der Waals surface area contributed by atoms with Gasteiger partial charge >= 0.3 is 0 Å². The predicted octanol–water partition coefficient (Wildman–Crippen LogP) is 0.861. The highest BCUT2D eigenvalue weighted by Gasteiger charge is 2.18. The summed E-state index contributed by atoms with van der Waals surface area (Å²) in [5.74, 6) is 0.754. The van der Waals surface area contributed by atoms with Crippen LogP contribution in [0.15, 0.2) is 23.3 Å². The lowest BCUT2D eigenvalue weighted by Crippen LogP contribution is -2.37. The molecule has 2 aromatic rings. The maximum absolute atomic E-state index is 12.4. The molecule has 0 atom stereocenters. The molecule has 146 valence electrons. The van der Waals surface area contributed by atoms with E-state index in [1.165, 1.54) is 6.33 Å². The van der Waals surface area contributed by atoms with Crippen molar-refractivity contribution in [1.82, 2.24) is 14.9 Å². The molecule has 2 aliphatic rings. The van der Waals surface area contributed by atoms with Gasteiger partial charge in [-0.15, -0.1) is 0 Å². The van der Waals surface area contributed by atoms with Crippen LogP contribution in [-0.2, 0) is 9.47 Å². The van der Waals surface area contributed by atoms with Crippen molar-refractivity contribution < 1.29 is 14.2 Å². The third-order valence-electron chi connectivity index (χ3n) is 5.04. The summed E-state index contributed by atoms with van der Waals surface area (Å²) < 4.78 is 16.8. The number of benzene rings is 1. The Labute approximate surface area is 158 Å². The Hall–Kier alpha value is -2.16. The molecule has 1 aromatic heterocycles. The van der Waals surface area contributed by atoms with Crippen LogP contribution in [0, 0.1) is 0 Å². The van der Waals surface area contributed by atoms with E-state index in [1.807, 2.05) is 12.1 Å². The summed E-state index contributed by atoms with van der Waals surface area (Å²) in [7, 11) is 0. The number of aromatic amines is 1. The highest BCUT2D eigenvalue weighted by molar-refractivity contribution is 5.92. The zero-order valence-electron chi connectivity index (χ0n) is 15.5. The zero-order valence-corrected chi connectivity index (χ0v) is 15.5. The summed E-state index contributed by atoms with van der Waals surface area (Å²) >= 11 is 0. The molecule has 0 aliphatic carbocycles. The summed E-state index contributed by atoms with van der Waals surface area (Å²) in [6.07, 6.45) is 2.39. The molecule has 3 heterocycles. The number of nitrogens with one attached hydrogen (secondary N) is 1. The summed E-state index contributed by atoms with van der Waals surface area (Å²) in [6, 6.07) is 3.81. The second-order valence-electron chi connectivity index (χ2n) is 6.82. The van der Waals surface area contributed by atoms with Gasteiger partial charge < -0.3 is 24.1 Å². The van der Waals surface area contributed by atoms with Gasteiger partial charge in [0.15, 0.2) is 0 Å². The fraction of sp³-hybridized carbons (Fsp3) is 0.579. The Morgan fingerprint density at radius 2 is 1.81 bits per heavy atom. The lowest BCUT2D eigenvalue weighted by molar-refractivity contribution is 0.0358. The number of hydrogen-bond acceptors (Lipinski definition) is 7. The van der Waals surface area contributed by atoms with Crippen molar-refractivity contribution in [3.05, 3.63) is 28.8 Å². The van der Waals surface area contributed by atoms with Gasteiger partial charge in [-0.3, -0.25) is 9.69 Å². The topological polar surface area (TPSA) is 79.9 Å². The minimum atomic E-state index is -0.125. The first kappa shape index (κ1) is 18.2. The molecule has 8 heteroatoms. The number of aromatic nitrogens is 2. The molecule has 0 amide bonds. The maximum Gasteiger partial charge on any atom is 0.260 e. The van der Waals surface area contributed by atoms with Crippen LogP contribution >= 0.6 is 0 Å². The zero-order chi connectivity index (χ0) is 18.5. The third kappa shape index (κ3) is 4.40. The van der Waals surface area contributed by atoms with Crippen molar-refractivity contribution >= 4 is 16.6 Å². The molecule has 2 fully saturated rings. The molecule has 0 saturated carbocycles. The van der Waals surface area contributed by atoms with Crippen LogP contribution in [0.25, 0.3) is 10.9 Å². The maximum atomic E-state index is 12.4. The second kappa shape index (κ2) is 8.69. The first-order valence-corrected chi connectivity index (χ1v) is 9.58. The van der Waals surface area contributed by atoms with Gasteiger partial charge in [-0.25, -0.2) is 4.98 Å². The average Bonchev–Trinajstić information content (AvgIpc) is 2.72. The standard InChI is InChI=1S/C19H26N4O4/c24-19-18-16(20-14-21-19)12-15(13-17(18)23-5-10-26-11-6-23)27-7-1-2-22-3-8-25-9-4-22/h12-14H,1-11H2,(H,20,21,24). The van der Waals surface area contributed by atoms with Gasteiger partial charge in [0.25, 0.3) is 5.56 Å². The molecule has 8 nitrogen and oxygen atoms in total. The Balaban J connectivity index is 1.48. The highest BCUT2D eigenvalue weighted by Crippen LogP contribution is 2.29. The summed E-state index contributed by atoms with van der Waals surface area (Å²) in [6.45, 7) is 8.07. The number of hydrogen-bond donors (Lipinski definition) is 1. The van der Waals surface area contributed by atoms with Crippen LogP contribution in [0.3, 0.4) is 0 Å². The van der Waals surface area contributed by atoms with Gasteiger partial charge in [-0.2, -0.15) is 0 Å². The molecule has 0 bridgehead atoms. The van der Waals surface area contributed by atoms with Crippen molar-refractivity contribution in [3.63, 3.8) is 0 Å². The van der Waals surface area contributed by atoms with E-state index in [9.17, 15) is 4.79 Å². The molecular formula is C19H26N4O4. The van der Waals surface area contributed by atoms with E-state index in [0.29, 0.717) is 30.7 Å². The summed E-state index contributed by atoms with van der Waals surface area (Å²) in [5, 5.41) is 0.611. The number of rotatable bonds is 6. The van der Waals surface area contributed by atoms with Gasteiger partial charge in [0, 0.05) is 44.9 Å². The summed E-state index contributed by atoms with van der Waals surface area (Å²) in [4.78, 5) is 24.0. The molecule has 0 radical (unpaired) electrons. The van der Waals surface area contributed by atoms with E-state index >= 15 is 0 Å². The van der Waals surface area contributed by atoms with E-state index in [0.717, 1.165) is 63.8 Å². The van der Waals surface area contributed by atoms with Crippen LogP contribution in [-0.4, -0.2) is 80.6 Å². The molecule has 4 rings (SSSR count). The first-order chi connectivity index (χ1) is 13.3. The van der Waals surface area contributed by atoms with Gasteiger partial charge in [-0.1, -0.05) is 0 Å². The number of ether oxygens (including phenoxy) is 3. The lowest BCUT2D eigenvalue weighted by atomic mass is 10.1. The van der Waals surface area contributed by atoms with Crippen LogP contribution in [0.2, 0.25) is 0 Å². The fourth-order valence-electron chi connectivity index (χ4n) is 3.59. The second-order valence-corrected chi connectivity index (χ2v) is 6.82. The van der Waals surface area contributed by atoms with Crippen molar-refractivity contribution in [3.8, 4) is 5.75 Å². The molecule has 27 heavy (non-hydrogen) atoms. The van der Waals surface area contributed by atoms with Crippen molar-refractivity contribution in [2.24, 2.45) is 0 Å². The number of morpholine rings is 2. The first-order valence-electron chi connectivity index (χ1n) is 9.58. The lowest BCUT2D eigenvalue weighted by Gasteiger charge is -2.30. The van der Waals surface area contributed by atoms with E-state index in [2.05, 4.69) is 19.8 Å². The van der Waals surface area contributed by atoms with Crippen molar-refractivity contribution in [1.29, 1.82) is 0 Å². The summed E-state index contributed by atoms with van der Waals surface area (Å²) in [5.41, 5.74) is 1.40. The smallest absolute Gasteiger partial charge is 0.260 e. The van der Waals surface area contributed by atoms with Crippen molar-refractivity contribution in [2.45, 2.75) is 6.42 Å². The van der Waals surface area contributed by atoms with Gasteiger partial charge in [0.1, 0.15) is 5.75 Å². The Bertz CT molecular complexity index is 813. The molecule has 1 aromatic carbocycles. The number of H-pyrrole nitrogens is 1. The van der Waals surface area contributed by atoms with Crippen molar-refractivity contribution in [2.75, 3.05) is 70.7 Å². The Morgan fingerprint density at radius 1 is 1.07 bits per heavy atom. The SMILES string of the molecule is O=c1[nH]cnc2cc(OCCCN3CCOCC3)cc(N3CCOCC3)c12. The molecular weight excluding hydrogens is 348 g/mol. The quantitative estimate of drug-likeness (QED) is 0.751. The fourth-order valence-corrected chi connectivity index (χ4v) is 3.59. The predicted molar refractivity (Wildman–Crippen MR) is 103 cm³/mol. The normalized spacial score (nSPS) is 18.7. The Morgan fingerprint density at radius 3 is 2.59 bits per heavy atom. The highest BCUT2D eigenvalue weighted by atomic mass is 16.5. The van der Waals surface area contributed by atoms with Crippen LogP contribution < -0.4 is 15.2 Å². The van der Waals surface area contributed by atoms with E-state index in [4.69, 9.17) is 14.2 Å².